The molecule has 2 N–H and O–H groups in total. The molecule has 0 saturated heterocycles. The standard InChI is InChI=1S/C18H24N2/c1-4-13-20(16-11-9-15(19)10-12-16)18-8-6-5-7-17(18)14(2)3/h5-12,14H,4,13,19H2,1-3H3. The molecule has 0 heterocycles. The topological polar surface area (TPSA) is 29.3 Å². The first-order chi connectivity index (χ1) is 9.63. The van der Waals surface area contributed by atoms with Crippen LogP contribution >= 0.6 is 0 Å². The molecule has 0 saturated carbocycles. The van der Waals surface area contributed by atoms with Crippen molar-refractivity contribution in [3.63, 3.8) is 0 Å². The van der Waals surface area contributed by atoms with Crippen LogP contribution in [0, 0.1) is 0 Å². The molecule has 0 radical (unpaired) electrons. The second-order valence-electron chi connectivity index (χ2n) is 5.46. The molecule has 0 unspecified atom stereocenters. The fourth-order valence-electron chi connectivity index (χ4n) is 2.49. The lowest BCUT2D eigenvalue weighted by Crippen LogP contribution is -2.19. The average Bonchev–Trinajstić information content (AvgIpc) is 2.46. The number of rotatable bonds is 5. The molecule has 2 rings (SSSR count). The van der Waals surface area contributed by atoms with Crippen molar-refractivity contribution >= 4 is 17.1 Å². The second kappa shape index (κ2) is 6.47. The van der Waals surface area contributed by atoms with Crippen LogP contribution in [-0.2, 0) is 0 Å². The van der Waals surface area contributed by atoms with Crippen molar-refractivity contribution in [3.05, 3.63) is 54.1 Å². The van der Waals surface area contributed by atoms with Crippen LogP contribution in [-0.4, -0.2) is 6.54 Å². The largest absolute Gasteiger partial charge is 0.399 e. The number of hydrogen-bond donors (Lipinski definition) is 1. The van der Waals surface area contributed by atoms with Gasteiger partial charge in [-0.25, -0.2) is 0 Å². The first-order valence-corrected chi connectivity index (χ1v) is 7.35. The predicted molar refractivity (Wildman–Crippen MR) is 88.7 cm³/mol. The van der Waals surface area contributed by atoms with E-state index in [0.29, 0.717) is 5.92 Å². The van der Waals surface area contributed by atoms with Gasteiger partial charge in [-0.15, -0.1) is 0 Å². The van der Waals surface area contributed by atoms with Crippen molar-refractivity contribution in [2.75, 3.05) is 17.2 Å². The summed E-state index contributed by atoms with van der Waals surface area (Å²) in [7, 11) is 0. The average molecular weight is 268 g/mol. The van der Waals surface area contributed by atoms with Gasteiger partial charge in [0.2, 0.25) is 0 Å². The van der Waals surface area contributed by atoms with Crippen molar-refractivity contribution < 1.29 is 0 Å². The summed E-state index contributed by atoms with van der Waals surface area (Å²) in [5.41, 5.74) is 10.5. The fraction of sp³-hybridized carbons (Fsp3) is 0.333. The highest BCUT2D eigenvalue weighted by molar-refractivity contribution is 5.68. The molecular weight excluding hydrogens is 244 g/mol. The van der Waals surface area contributed by atoms with E-state index in [4.69, 9.17) is 5.73 Å². The van der Waals surface area contributed by atoms with Crippen LogP contribution in [0.5, 0.6) is 0 Å². The minimum absolute atomic E-state index is 0.513. The maximum Gasteiger partial charge on any atom is 0.0445 e. The quantitative estimate of drug-likeness (QED) is 0.778. The number of nitrogens with zero attached hydrogens (tertiary/aromatic N) is 1. The van der Waals surface area contributed by atoms with E-state index in [-0.39, 0.29) is 0 Å². The molecule has 0 atom stereocenters. The molecular formula is C18H24N2. The number of benzene rings is 2. The lowest BCUT2D eigenvalue weighted by molar-refractivity contribution is 0.835. The Kier molecular flexibility index (Phi) is 4.67. The van der Waals surface area contributed by atoms with Crippen LogP contribution in [0.2, 0.25) is 0 Å². The Bertz CT molecular complexity index is 544. The Hall–Kier alpha value is -1.96. The third-order valence-corrected chi connectivity index (χ3v) is 3.50. The van der Waals surface area contributed by atoms with E-state index in [2.05, 4.69) is 62.1 Å². The molecule has 2 nitrogen and oxygen atoms in total. The van der Waals surface area contributed by atoms with Gasteiger partial charge in [0.05, 0.1) is 0 Å². The number of hydrogen-bond acceptors (Lipinski definition) is 2. The monoisotopic (exact) mass is 268 g/mol. The van der Waals surface area contributed by atoms with E-state index in [9.17, 15) is 0 Å². The van der Waals surface area contributed by atoms with Gasteiger partial charge < -0.3 is 10.6 Å². The van der Waals surface area contributed by atoms with Crippen LogP contribution in [0.15, 0.2) is 48.5 Å². The molecule has 0 spiro atoms. The van der Waals surface area contributed by atoms with Crippen molar-refractivity contribution in [2.45, 2.75) is 33.1 Å². The zero-order valence-corrected chi connectivity index (χ0v) is 12.6. The summed E-state index contributed by atoms with van der Waals surface area (Å²) in [6, 6.07) is 16.8. The Balaban J connectivity index is 2.45. The maximum absolute atomic E-state index is 5.80. The van der Waals surface area contributed by atoms with Crippen molar-refractivity contribution in [1.82, 2.24) is 0 Å². The Morgan fingerprint density at radius 3 is 2.25 bits per heavy atom. The smallest absolute Gasteiger partial charge is 0.0445 e. The van der Waals surface area contributed by atoms with Gasteiger partial charge in [0.25, 0.3) is 0 Å². The molecule has 0 aliphatic heterocycles. The van der Waals surface area contributed by atoms with Crippen LogP contribution in [0.25, 0.3) is 0 Å². The molecule has 2 heteroatoms. The Labute approximate surface area is 122 Å². The normalized spacial score (nSPS) is 10.8. The molecule has 106 valence electrons. The summed E-state index contributed by atoms with van der Waals surface area (Å²) < 4.78 is 0. The first-order valence-electron chi connectivity index (χ1n) is 7.35. The third kappa shape index (κ3) is 3.13. The lowest BCUT2D eigenvalue weighted by Gasteiger charge is -2.28. The minimum Gasteiger partial charge on any atom is -0.399 e. The number of nitrogens with two attached hydrogens (primary N) is 1. The van der Waals surface area contributed by atoms with E-state index >= 15 is 0 Å². The minimum atomic E-state index is 0.513. The molecule has 2 aromatic rings. The van der Waals surface area contributed by atoms with Gasteiger partial charge in [-0.05, 0) is 48.2 Å². The van der Waals surface area contributed by atoms with E-state index in [1.807, 2.05) is 12.1 Å². The SMILES string of the molecule is CCCN(c1ccc(N)cc1)c1ccccc1C(C)C. The zero-order valence-electron chi connectivity index (χ0n) is 12.6. The van der Waals surface area contributed by atoms with E-state index in [1.165, 1.54) is 16.9 Å². The zero-order chi connectivity index (χ0) is 14.5. The molecule has 0 aromatic heterocycles. The van der Waals surface area contributed by atoms with Crippen molar-refractivity contribution in [1.29, 1.82) is 0 Å². The Morgan fingerprint density at radius 1 is 1.00 bits per heavy atom. The molecule has 0 amide bonds. The van der Waals surface area contributed by atoms with Crippen LogP contribution < -0.4 is 10.6 Å². The van der Waals surface area contributed by atoms with Crippen molar-refractivity contribution in [3.8, 4) is 0 Å². The lowest BCUT2D eigenvalue weighted by atomic mass is 10.00. The van der Waals surface area contributed by atoms with Crippen molar-refractivity contribution in [2.24, 2.45) is 0 Å². The van der Waals surface area contributed by atoms with Gasteiger partial charge in [-0.2, -0.15) is 0 Å². The summed E-state index contributed by atoms with van der Waals surface area (Å²) in [4.78, 5) is 2.38. The van der Waals surface area contributed by atoms with Crippen LogP contribution in [0.3, 0.4) is 0 Å². The maximum atomic E-state index is 5.80. The summed E-state index contributed by atoms with van der Waals surface area (Å²) in [6.07, 6.45) is 1.11. The van der Waals surface area contributed by atoms with Gasteiger partial charge in [0, 0.05) is 23.6 Å². The molecule has 2 aromatic carbocycles. The van der Waals surface area contributed by atoms with Gasteiger partial charge in [-0.3, -0.25) is 0 Å². The summed E-state index contributed by atoms with van der Waals surface area (Å²) in [5, 5.41) is 0. The Morgan fingerprint density at radius 2 is 1.65 bits per heavy atom. The molecule has 0 bridgehead atoms. The van der Waals surface area contributed by atoms with Gasteiger partial charge in [-0.1, -0.05) is 39.0 Å². The highest BCUT2D eigenvalue weighted by atomic mass is 15.1. The van der Waals surface area contributed by atoms with E-state index in [0.717, 1.165) is 18.7 Å². The van der Waals surface area contributed by atoms with E-state index < -0.39 is 0 Å². The highest BCUT2D eigenvalue weighted by Crippen LogP contribution is 2.33. The summed E-state index contributed by atoms with van der Waals surface area (Å²) in [5.74, 6) is 0.513. The van der Waals surface area contributed by atoms with Gasteiger partial charge in [0.1, 0.15) is 0 Å². The molecule has 20 heavy (non-hydrogen) atoms. The second-order valence-corrected chi connectivity index (χ2v) is 5.46. The van der Waals surface area contributed by atoms with E-state index in [1.54, 1.807) is 0 Å². The highest BCUT2D eigenvalue weighted by Gasteiger charge is 2.14. The van der Waals surface area contributed by atoms with Gasteiger partial charge >= 0.3 is 0 Å². The molecule has 0 fully saturated rings. The van der Waals surface area contributed by atoms with Crippen LogP contribution in [0.1, 0.15) is 38.7 Å². The fourth-order valence-corrected chi connectivity index (χ4v) is 2.49. The summed E-state index contributed by atoms with van der Waals surface area (Å²) >= 11 is 0. The van der Waals surface area contributed by atoms with Gasteiger partial charge in [0.15, 0.2) is 0 Å². The number of nitrogen functional groups attached to an aromatic ring is 1. The molecule has 0 aliphatic rings. The van der Waals surface area contributed by atoms with Crippen LogP contribution in [0.4, 0.5) is 17.1 Å². The predicted octanol–water partition coefficient (Wildman–Crippen LogP) is 4.94. The summed E-state index contributed by atoms with van der Waals surface area (Å²) in [6.45, 7) is 7.70. The number of anilines is 3. The molecule has 0 aliphatic carbocycles. The first kappa shape index (κ1) is 14.4. The third-order valence-electron chi connectivity index (χ3n) is 3.50. The number of para-hydroxylation sites is 1.